The van der Waals surface area contributed by atoms with Crippen molar-refractivity contribution in [3.05, 3.63) is 94.4 Å². The lowest BCUT2D eigenvalue weighted by Gasteiger charge is -2.29. The fraction of sp³-hybridized carbons (Fsp3) is 0.148. The van der Waals surface area contributed by atoms with Crippen LogP contribution in [0.15, 0.2) is 77.7 Å². The van der Waals surface area contributed by atoms with E-state index >= 15 is 0 Å². The molecule has 7 nitrogen and oxygen atoms in total. The van der Waals surface area contributed by atoms with Gasteiger partial charge >= 0.3 is 5.91 Å². The predicted octanol–water partition coefficient (Wildman–Crippen LogP) is 4.06. The third-order valence-corrected chi connectivity index (χ3v) is 6.63. The van der Waals surface area contributed by atoms with Crippen LogP contribution in [0.3, 0.4) is 0 Å². The first kappa shape index (κ1) is 22.6. The Morgan fingerprint density at radius 3 is 2.46 bits per heavy atom. The molecule has 0 spiro atoms. The average molecular weight is 485 g/mol. The molecule has 0 aromatic heterocycles. The van der Waals surface area contributed by atoms with E-state index in [4.69, 9.17) is 17.0 Å². The first-order valence-corrected chi connectivity index (χ1v) is 11.4. The molecule has 1 unspecified atom stereocenters. The van der Waals surface area contributed by atoms with Crippen molar-refractivity contribution in [1.29, 1.82) is 0 Å². The molecule has 5 rings (SSSR count). The van der Waals surface area contributed by atoms with Crippen LogP contribution in [0.25, 0.3) is 6.08 Å². The zero-order chi connectivity index (χ0) is 24.9. The fourth-order valence-corrected chi connectivity index (χ4v) is 4.65. The van der Waals surface area contributed by atoms with Gasteiger partial charge in [0.25, 0.3) is 5.17 Å². The number of ether oxygens (including phenoxy) is 1. The number of anilines is 1. The van der Waals surface area contributed by atoms with Gasteiger partial charge in [-0.05, 0) is 48.5 Å². The van der Waals surface area contributed by atoms with Crippen LogP contribution in [-0.2, 0) is 14.3 Å². The van der Waals surface area contributed by atoms with Crippen LogP contribution in [0, 0.1) is 5.92 Å². The molecule has 1 heterocycles. The van der Waals surface area contributed by atoms with Crippen molar-refractivity contribution < 1.29 is 23.9 Å². The minimum Gasteiger partial charge on any atom is -0.425 e. The maximum atomic E-state index is 13.2. The van der Waals surface area contributed by atoms with E-state index in [2.05, 4.69) is 0 Å². The summed E-state index contributed by atoms with van der Waals surface area (Å²) in [6.07, 6.45) is 5.15. The van der Waals surface area contributed by atoms with Crippen LogP contribution in [0.2, 0.25) is 0 Å². The lowest BCUT2D eigenvalue weighted by molar-refractivity contribution is -0.121. The number of benzene rings is 2. The lowest BCUT2D eigenvalue weighted by Crippen LogP contribution is -2.34. The first-order chi connectivity index (χ1) is 16.8. The predicted molar refractivity (Wildman–Crippen MR) is 133 cm³/mol. The van der Waals surface area contributed by atoms with E-state index in [1.807, 2.05) is 0 Å². The number of Topliss-reactive ketones (excluding diaryl/α,β-unsaturated/α-hetero) is 2. The third kappa shape index (κ3) is 3.81. The molecule has 0 radical (unpaired) electrons. The summed E-state index contributed by atoms with van der Waals surface area (Å²) in [5, 5.41) is -0.0503. The van der Waals surface area contributed by atoms with Crippen molar-refractivity contribution in [2.24, 2.45) is 5.92 Å². The molecule has 0 N–H and O–H groups in total. The van der Waals surface area contributed by atoms with E-state index in [1.54, 1.807) is 73.8 Å². The van der Waals surface area contributed by atoms with Crippen molar-refractivity contribution in [2.75, 3.05) is 11.9 Å². The smallest absolute Gasteiger partial charge is 0.301 e. The SMILES string of the molecule is CC(=O)N(C)c1ccc(/C=C2/OC(=S)N(C3=CCC4C(=O)c5ccccc5C(=O)C4=C3)C2=O)cc1. The van der Waals surface area contributed by atoms with Gasteiger partial charge in [-0.15, -0.1) is 0 Å². The maximum absolute atomic E-state index is 13.2. The summed E-state index contributed by atoms with van der Waals surface area (Å²) in [4.78, 5) is 53.5. The summed E-state index contributed by atoms with van der Waals surface area (Å²) < 4.78 is 5.58. The van der Waals surface area contributed by atoms with Crippen LogP contribution >= 0.6 is 12.2 Å². The summed E-state index contributed by atoms with van der Waals surface area (Å²) in [6, 6.07) is 13.8. The number of fused-ring (bicyclic) bond motifs is 2. The number of hydrogen-bond donors (Lipinski definition) is 0. The molecule has 1 fully saturated rings. The Morgan fingerprint density at radius 2 is 1.77 bits per heavy atom. The van der Waals surface area contributed by atoms with Gasteiger partial charge < -0.3 is 9.64 Å². The number of carbonyl (C=O) groups excluding carboxylic acids is 4. The van der Waals surface area contributed by atoms with Gasteiger partial charge in [0.2, 0.25) is 5.91 Å². The van der Waals surface area contributed by atoms with E-state index in [0.29, 0.717) is 28.0 Å². The second-order valence-corrected chi connectivity index (χ2v) is 8.79. The zero-order valence-electron chi connectivity index (χ0n) is 19.0. The topological polar surface area (TPSA) is 84.0 Å². The van der Waals surface area contributed by atoms with Crippen LogP contribution in [-0.4, -0.2) is 40.5 Å². The molecule has 2 aromatic rings. The Bertz CT molecular complexity index is 1420. The lowest BCUT2D eigenvalue weighted by atomic mass is 9.74. The molecule has 0 bridgehead atoms. The van der Waals surface area contributed by atoms with Gasteiger partial charge in [-0.25, -0.2) is 4.90 Å². The van der Waals surface area contributed by atoms with E-state index in [-0.39, 0.29) is 34.8 Å². The van der Waals surface area contributed by atoms with Crippen LogP contribution in [0.5, 0.6) is 0 Å². The van der Waals surface area contributed by atoms with Crippen molar-refractivity contribution in [2.45, 2.75) is 13.3 Å². The molecule has 2 aliphatic carbocycles. The zero-order valence-corrected chi connectivity index (χ0v) is 19.8. The highest BCUT2D eigenvalue weighted by atomic mass is 32.1. The van der Waals surface area contributed by atoms with Crippen molar-refractivity contribution in [3.63, 3.8) is 0 Å². The van der Waals surface area contributed by atoms with Crippen LogP contribution in [0.1, 0.15) is 39.6 Å². The van der Waals surface area contributed by atoms with Gasteiger partial charge in [0.15, 0.2) is 17.3 Å². The first-order valence-electron chi connectivity index (χ1n) is 11.0. The molecule has 1 atom stereocenters. The normalized spacial score (nSPS) is 20.2. The van der Waals surface area contributed by atoms with Gasteiger partial charge in [-0.1, -0.05) is 42.5 Å². The molecule has 2 amide bonds. The number of thiocarbonyl (C=S) groups is 1. The summed E-state index contributed by atoms with van der Waals surface area (Å²) in [6.45, 7) is 1.48. The van der Waals surface area contributed by atoms with Gasteiger partial charge in [0, 0.05) is 42.1 Å². The summed E-state index contributed by atoms with van der Waals surface area (Å²) >= 11 is 5.31. The van der Waals surface area contributed by atoms with Gasteiger partial charge in [0.1, 0.15) is 0 Å². The van der Waals surface area contributed by atoms with Crippen molar-refractivity contribution >= 4 is 52.5 Å². The highest BCUT2D eigenvalue weighted by Crippen LogP contribution is 2.37. The number of amides is 2. The molecular formula is C27H20N2O5S. The number of ketones is 2. The maximum Gasteiger partial charge on any atom is 0.301 e. The second-order valence-electron chi connectivity index (χ2n) is 8.44. The Morgan fingerprint density at radius 1 is 1.09 bits per heavy atom. The van der Waals surface area contributed by atoms with Gasteiger partial charge in [-0.2, -0.15) is 0 Å². The molecular weight excluding hydrogens is 464 g/mol. The molecule has 0 saturated carbocycles. The Labute approximate surface area is 207 Å². The van der Waals surface area contributed by atoms with Crippen molar-refractivity contribution in [3.8, 4) is 0 Å². The Kier molecular flexibility index (Phi) is 5.53. The Balaban J connectivity index is 1.41. The fourth-order valence-electron chi connectivity index (χ4n) is 4.37. The summed E-state index contributed by atoms with van der Waals surface area (Å²) in [5.74, 6) is -1.41. The standard InChI is InChI=1S/C27H20N2O5S/c1-15(30)28(2)17-9-7-16(8-10-17)13-23-26(33)29(27(35)34-23)18-11-12-21-22(14-18)25(32)20-6-4-3-5-19(20)24(21)31/h3-11,13-14,21H,12H2,1-2H3/b23-13+. The van der Waals surface area contributed by atoms with Gasteiger partial charge in [0.05, 0.1) is 5.92 Å². The quantitative estimate of drug-likeness (QED) is 0.483. The molecule has 35 heavy (non-hydrogen) atoms. The van der Waals surface area contributed by atoms with E-state index in [9.17, 15) is 19.2 Å². The largest absolute Gasteiger partial charge is 0.425 e. The van der Waals surface area contributed by atoms with E-state index in [0.717, 1.165) is 5.69 Å². The molecule has 1 saturated heterocycles. The molecule has 2 aromatic carbocycles. The highest BCUT2D eigenvalue weighted by molar-refractivity contribution is 7.80. The van der Waals surface area contributed by atoms with E-state index < -0.39 is 11.8 Å². The molecule has 1 aliphatic heterocycles. The minimum atomic E-state index is -0.574. The highest BCUT2D eigenvalue weighted by Gasteiger charge is 2.41. The number of nitrogens with zero attached hydrogens (tertiary/aromatic N) is 2. The number of rotatable bonds is 3. The number of hydrogen-bond acceptors (Lipinski definition) is 6. The molecule has 174 valence electrons. The number of carbonyl (C=O) groups is 4. The number of allylic oxidation sites excluding steroid dienone is 3. The van der Waals surface area contributed by atoms with E-state index in [1.165, 1.54) is 16.7 Å². The monoisotopic (exact) mass is 484 g/mol. The summed E-state index contributed by atoms with van der Waals surface area (Å²) in [7, 11) is 1.68. The molecule has 8 heteroatoms. The third-order valence-electron chi connectivity index (χ3n) is 6.36. The Hall–Kier alpha value is -4.17. The van der Waals surface area contributed by atoms with Gasteiger partial charge in [-0.3, -0.25) is 19.2 Å². The minimum absolute atomic E-state index is 0.0421. The second kappa shape index (κ2) is 8.56. The average Bonchev–Trinajstić information content (AvgIpc) is 3.14. The summed E-state index contributed by atoms with van der Waals surface area (Å²) in [5.41, 5.74) is 2.97. The van der Waals surface area contributed by atoms with Crippen LogP contribution < -0.4 is 4.90 Å². The van der Waals surface area contributed by atoms with Crippen LogP contribution in [0.4, 0.5) is 5.69 Å². The van der Waals surface area contributed by atoms with Crippen molar-refractivity contribution in [1.82, 2.24) is 4.90 Å². The molecule has 3 aliphatic rings.